The molecule has 2 aromatic rings. The average molecular weight is 373 g/mol. The van der Waals surface area contributed by atoms with Crippen molar-refractivity contribution in [1.82, 2.24) is 4.90 Å². The van der Waals surface area contributed by atoms with E-state index in [0.717, 1.165) is 55.5 Å². The lowest BCUT2D eigenvalue weighted by Gasteiger charge is -2.36. The van der Waals surface area contributed by atoms with Crippen molar-refractivity contribution in [3.05, 3.63) is 59.1 Å². The van der Waals surface area contributed by atoms with Gasteiger partial charge in [-0.1, -0.05) is 35.9 Å². The molecule has 0 unspecified atom stereocenters. The summed E-state index contributed by atoms with van der Waals surface area (Å²) in [4.78, 5) is 16.7. The van der Waals surface area contributed by atoms with E-state index in [9.17, 15) is 4.79 Å². The smallest absolute Gasteiger partial charge is 0.222 e. The Kier molecular flexibility index (Phi) is 6.40. The quantitative estimate of drug-likeness (QED) is 0.767. The van der Waals surface area contributed by atoms with Gasteiger partial charge in [-0.3, -0.25) is 4.79 Å². The molecular weight excluding hydrogens is 348 g/mol. The number of carbonyl (C=O) groups is 1. The van der Waals surface area contributed by atoms with E-state index in [1.807, 2.05) is 47.4 Å². The second-order valence-corrected chi connectivity index (χ2v) is 6.96. The number of benzene rings is 2. The molecule has 4 nitrogen and oxygen atoms in total. The van der Waals surface area contributed by atoms with Crippen LogP contribution in [0.5, 0.6) is 5.75 Å². The normalized spacial score (nSPS) is 14.4. The van der Waals surface area contributed by atoms with Crippen LogP contribution in [0.3, 0.4) is 0 Å². The maximum Gasteiger partial charge on any atom is 0.222 e. The van der Waals surface area contributed by atoms with Gasteiger partial charge < -0.3 is 14.5 Å². The number of amides is 1. The molecule has 0 atom stereocenters. The Bertz CT molecular complexity index is 725. The first-order valence-corrected chi connectivity index (χ1v) is 9.45. The van der Waals surface area contributed by atoms with E-state index in [0.29, 0.717) is 6.42 Å². The molecule has 0 spiro atoms. The third-order valence-electron chi connectivity index (χ3n) is 4.83. The van der Waals surface area contributed by atoms with Crippen LogP contribution in [0.15, 0.2) is 48.5 Å². The van der Waals surface area contributed by atoms with Gasteiger partial charge in [0.05, 0.1) is 12.8 Å². The maximum absolute atomic E-state index is 12.5. The number of hydrogen-bond acceptors (Lipinski definition) is 3. The van der Waals surface area contributed by atoms with Gasteiger partial charge in [-0.2, -0.15) is 0 Å². The number of ether oxygens (including phenoxy) is 1. The number of anilines is 1. The molecule has 3 rings (SSSR count). The van der Waals surface area contributed by atoms with E-state index in [-0.39, 0.29) is 5.91 Å². The topological polar surface area (TPSA) is 32.8 Å². The molecule has 1 aliphatic heterocycles. The number of halogens is 1. The van der Waals surface area contributed by atoms with E-state index in [4.69, 9.17) is 16.3 Å². The summed E-state index contributed by atoms with van der Waals surface area (Å²) in [5.74, 6) is 1.13. The summed E-state index contributed by atoms with van der Waals surface area (Å²) >= 11 is 5.90. The van der Waals surface area contributed by atoms with Gasteiger partial charge in [0.2, 0.25) is 5.91 Å². The van der Waals surface area contributed by atoms with Gasteiger partial charge in [-0.15, -0.1) is 0 Å². The Morgan fingerprint density at radius 1 is 1.04 bits per heavy atom. The molecular formula is C21H25ClN2O2. The molecule has 0 aliphatic carbocycles. The minimum Gasteiger partial charge on any atom is -0.495 e. The van der Waals surface area contributed by atoms with Gasteiger partial charge in [0.1, 0.15) is 5.75 Å². The van der Waals surface area contributed by atoms with Crippen LogP contribution in [0.1, 0.15) is 18.4 Å². The molecule has 0 bridgehead atoms. The summed E-state index contributed by atoms with van der Waals surface area (Å²) < 4.78 is 5.44. The van der Waals surface area contributed by atoms with Crippen molar-refractivity contribution in [2.75, 3.05) is 38.2 Å². The van der Waals surface area contributed by atoms with E-state index < -0.39 is 0 Å². The van der Waals surface area contributed by atoms with Gasteiger partial charge in [-0.25, -0.2) is 0 Å². The van der Waals surface area contributed by atoms with Crippen LogP contribution < -0.4 is 9.64 Å². The van der Waals surface area contributed by atoms with Gasteiger partial charge in [0.15, 0.2) is 0 Å². The highest BCUT2D eigenvalue weighted by Gasteiger charge is 2.22. The van der Waals surface area contributed by atoms with E-state index in [1.54, 1.807) is 7.11 Å². The van der Waals surface area contributed by atoms with Gasteiger partial charge in [-0.05, 0) is 42.7 Å². The van der Waals surface area contributed by atoms with Crippen molar-refractivity contribution in [3.8, 4) is 5.75 Å². The van der Waals surface area contributed by atoms with Crippen LogP contribution in [0, 0.1) is 0 Å². The van der Waals surface area contributed by atoms with Gasteiger partial charge in [0, 0.05) is 37.6 Å². The summed E-state index contributed by atoms with van der Waals surface area (Å²) in [6.45, 7) is 3.20. The molecule has 26 heavy (non-hydrogen) atoms. The molecule has 2 aromatic carbocycles. The van der Waals surface area contributed by atoms with Crippen LogP contribution in [0.25, 0.3) is 0 Å². The fourth-order valence-electron chi connectivity index (χ4n) is 3.34. The van der Waals surface area contributed by atoms with Crippen molar-refractivity contribution in [2.45, 2.75) is 19.3 Å². The zero-order chi connectivity index (χ0) is 18.4. The van der Waals surface area contributed by atoms with Crippen molar-refractivity contribution < 1.29 is 9.53 Å². The zero-order valence-electron chi connectivity index (χ0n) is 15.2. The third kappa shape index (κ3) is 4.70. The second-order valence-electron chi connectivity index (χ2n) is 6.52. The molecule has 1 saturated heterocycles. The van der Waals surface area contributed by atoms with Crippen LogP contribution in [-0.4, -0.2) is 44.1 Å². The van der Waals surface area contributed by atoms with Crippen molar-refractivity contribution in [1.29, 1.82) is 0 Å². The van der Waals surface area contributed by atoms with Gasteiger partial charge >= 0.3 is 0 Å². The average Bonchev–Trinajstić information content (AvgIpc) is 2.69. The monoisotopic (exact) mass is 372 g/mol. The van der Waals surface area contributed by atoms with E-state index in [1.165, 1.54) is 5.56 Å². The highest BCUT2D eigenvalue weighted by Crippen LogP contribution is 2.28. The summed E-state index contributed by atoms with van der Waals surface area (Å²) in [6, 6.07) is 15.9. The summed E-state index contributed by atoms with van der Waals surface area (Å²) in [5, 5.41) is 0.748. The fraction of sp³-hybridized carbons (Fsp3) is 0.381. The molecule has 0 radical (unpaired) electrons. The lowest BCUT2D eigenvalue weighted by Crippen LogP contribution is -2.48. The van der Waals surface area contributed by atoms with Crippen LogP contribution in [0.4, 0.5) is 5.69 Å². The summed E-state index contributed by atoms with van der Waals surface area (Å²) in [6.07, 6.45) is 2.37. The molecule has 138 valence electrons. The molecule has 5 heteroatoms. The predicted molar refractivity (Wildman–Crippen MR) is 106 cm³/mol. The predicted octanol–water partition coefficient (Wildman–Crippen LogP) is 4.02. The van der Waals surface area contributed by atoms with Crippen molar-refractivity contribution >= 4 is 23.2 Å². The SMILES string of the molecule is COc1ccccc1N1CCN(C(=O)CCCc2ccc(Cl)cc2)CC1. The summed E-state index contributed by atoms with van der Waals surface area (Å²) in [5.41, 5.74) is 2.33. The molecule has 1 aliphatic rings. The number of aryl methyl sites for hydroxylation is 1. The highest BCUT2D eigenvalue weighted by atomic mass is 35.5. The number of rotatable bonds is 6. The van der Waals surface area contributed by atoms with Crippen LogP contribution >= 0.6 is 11.6 Å². The molecule has 1 amide bonds. The third-order valence-corrected chi connectivity index (χ3v) is 5.08. The Hall–Kier alpha value is -2.20. The first-order chi connectivity index (χ1) is 12.7. The Morgan fingerprint density at radius 3 is 2.42 bits per heavy atom. The highest BCUT2D eigenvalue weighted by molar-refractivity contribution is 6.30. The van der Waals surface area contributed by atoms with Crippen LogP contribution in [-0.2, 0) is 11.2 Å². The Balaban J connectivity index is 1.45. The van der Waals surface area contributed by atoms with E-state index in [2.05, 4.69) is 11.0 Å². The van der Waals surface area contributed by atoms with Crippen LogP contribution in [0.2, 0.25) is 5.02 Å². The minimum absolute atomic E-state index is 0.249. The zero-order valence-corrected chi connectivity index (χ0v) is 15.9. The fourth-order valence-corrected chi connectivity index (χ4v) is 3.47. The minimum atomic E-state index is 0.249. The van der Waals surface area contributed by atoms with Crippen molar-refractivity contribution in [3.63, 3.8) is 0 Å². The molecule has 1 heterocycles. The number of piperazine rings is 1. The van der Waals surface area contributed by atoms with Crippen molar-refractivity contribution in [2.24, 2.45) is 0 Å². The lowest BCUT2D eigenvalue weighted by atomic mass is 10.1. The molecule has 0 aromatic heterocycles. The Morgan fingerprint density at radius 2 is 1.73 bits per heavy atom. The first kappa shape index (κ1) is 18.6. The first-order valence-electron chi connectivity index (χ1n) is 9.07. The van der Waals surface area contributed by atoms with Gasteiger partial charge in [0.25, 0.3) is 0 Å². The van der Waals surface area contributed by atoms with E-state index >= 15 is 0 Å². The standard InChI is InChI=1S/C21H25ClN2O2/c1-26-20-7-3-2-6-19(20)23-13-15-24(16-14-23)21(25)8-4-5-17-9-11-18(22)12-10-17/h2-3,6-7,9-12H,4-5,8,13-16H2,1H3. The summed E-state index contributed by atoms with van der Waals surface area (Å²) in [7, 11) is 1.69. The number of carbonyl (C=O) groups excluding carboxylic acids is 1. The molecule has 0 saturated carbocycles. The second kappa shape index (κ2) is 8.95. The lowest BCUT2D eigenvalue weighted by molar-refractivity contribution is -0.131. The number of nitrogens with zero attached hydrogens (tertiary/aromatic N) is 2. The number of methoxy groups -OCH3 is 1. The Labute approximate surface area is 160 Å². The molecule has 1 fully saturated rings. The largest absolute Gasteiger partial charge is 0.495 e. The number of para-hydroxylation sites is 2. The molecule has 0 N–H and O–H groups in total. The maximum atomic E-state index is 12.5. The number of hydrogen-bond donors (Lipinski definition) is 0.